The Morgan fingerprint density at radius 3 is 2.54 bits per heavy atom. The second-order valence-corrected chi connectivity index (χ2v) is 6.25. The molecule has 2 atom stereocenters. The summed E-state index contributed by atoms with van der Waals surface area (Å²) in [5.41, 5.74) is 0.817. The molecule has 26 heavy (non-hydrogen) atoms. The molecule has 0 saturated carbocycles. The number of nitrogens with one attached hydrogen (secondary N) is 1. The lowest BCUT2D eigenvalue weighted by Crippen LogP contribution is -2.39. The average molecular weight is 383 g/mol. The van der Waals surface area contributed by atoms with Crippen LogP contribution < -0.4 is 14.8 Å². The molecule has 142 valence electrons. The first-order valence-electron chi connectivity index (χ1n) is 8.14. The number of halogens is 1. The van der Waals surface area contributed by atoms with Crippen molar-refractivity contribution in [3.8, 4) is 11.5 Å². The van der Waals surface area contributed by atoms with Gasteiger partial charge in [0, 0.05) is 23.3 Å². The second-order valence-electron chi connectivity index (χ2n) is 5.81. The third-order valence-electron chi connectivity index (χ3n) is 3.56. The van der Waals surface area contributed by atoms with Crippen LogP contribution in [0.4, 0.5) is 0 Å². The summed E-state index contributed by atoms with van der Waals surface area (Å²) in [6.45, 7) is 3.83. The van der Waals surface area contributed by atoms with Crippen LogP contribution in [0, 0.1) is 6.92 Å². The fourth-order valence-corrected chi connectivity index (χ4v) is 2.25. The van der Waals surface area contributed by atoms with Crippen LogP contribution in [0.25, 0.3) is 0 Å². The highest BCUT2D eigenvalue weighted by molar-refractivity contribution is 6.30. The van der Waals surface area contributed by atoms with Gasteiger partial charge in [-0.05, 0) is 44.2 Å². The highest BCUT2D eigenvalue weighted by Gasteiger charge is 2.12. The van der Waals surface area contributed by atoms with Crippen molar-refractivity contribution in [3.05, 3.63) is 52.8 Å². The van der Waals surface area contributed by atoms with E-state index in [1.165, 1.54) is 12.3 Å². The standard InChI is InChI=1S/C18H23ClN2O5/c1-11-17(7-13(8-20-11)18(23)24)25-10-15(22)9-21-12(2)26-16-5-3-14(19)4-6-16/h3-8,12,15,18,21-24H,9-10H2,1-2H3. The van der Waals surface area contributed by atoms with Crippen LogP contribution in [0.3, 0.4) is 0 Å². The molecule has 2 aromatic rings. The molecule has 2 rings (SSSR count). The summed E-state index contributed by atoms with van der Waals surface area (Å²) < 4.78 is 11.2. The Kier molecular flexibility index (Phi) is 7.62. The number of aliphatic hydroxyl groups excluding tert-OH is 2. The molecule has 0 spiro atoms. The van der Waals surface area contributed by atoms with E-state index < -0.39 is 12.4 Å². The molecule has 0 radical (unpaired) electrons. The van der Waals surface area contributed by atoms with Gasteiger partial charge in [0.05, 0.1) is 5.69 Å². The number of ether oxygens (including phenoxy) is 2. The molecule has 0 saturated heterocycles. The molecule has 1 aromatic carbocycles. The number of rotatable bonds is 9. The minimum absolute atomic E-state index is 0.0220. The number of pyridine rings is 1. The normalized spacial score (nSPS) is 13.5. The average Bonchev–Trinajstić information content (AvgIpc) is 2.61. The van der Waals surface area contributed by atoms with E-state index in [1.807, 2.05) is 6.92 Å². The number of aromatic nitrogens is 1. The zero-order valence-electron chi connectivity index (χ0n) is 14.6. The van der Waals surface area contributed by atoms with Crippen molar-refractivity contribution in [3.63, 3.8) is 0 Å². The fourth-order valence-electron chi connectivity index (χ4n) is 2.12. The molecule has 0 aliphatic carbocycles. The number of aryl methyl sites for hydroxylation is 1. The van der Waals surface area contributed by atoms with Gasteiger partial charge in [-0.2, -0.15) is 0 Å². The van der Waals surface area contributed by atoms with Crippen LogP contribution in [0.1, 0.15) is 24.5 Å². The third kappa shape index (κ3) is 6.44. The number of benzene rings is 1. The predicted molar refractivity (Wildman–Crippen MR) is 97.2 cm³/mol. The van der Waals surface area contributed by atoms with Crippen molar-refractivity contribution in [2.75, 3.05) is 13.2 Å². The Morgan fingerprint density at radius 2 is 1.88 bits per heavy atom. The van der Waals surface area contributed by atoms with Crippen molar-refractivity contribution in [2.45, 2.75) is 32.5 Å². The first-order chi connectivity index (χ1) is 12.3. The van der Waals surface area contributed by atoms with Gasteiger partial charge in [-0.1, -0.05) is 11.6 Å². The minimum atomic E-state index is -1.62. The third-order valence-corrected chi connectivity index (χ3v) is 3.81. The zero-order chi connectivity index (χ0) is 19.1. The Hall–Kier alpha value is -1.90. The lowest BCUT2D eigenvalue weighted by molar-refractivity contribution is -0.0429. The fraction of sp³-hybridized carbons (Fsp3) is 0.389. The maximum Gasteiger partial charge on any atom is 0.180 e. The van der Waals surface area contributed by atoms with Gasteiger partial charge in [0.25, 0.3) is 0 Å². The largest absolute Gasteiger partial charge is 0.489 e. The molecule has 0 aliphatic heterocycles. The number of aliphatic hydroxyl groups is 3. The molecule has 8 heteroatoms. The summed E-state index contributed by atoms with van der Waals surface area (Å²) in [4.78, 5) is 4.03. The smallest absolute Gasteiger partial charge is 0.180 e. The zero-order valence-corrected chi connectivity index (χ0v) is 15.3. The second kappa shape index (κ2) is 9.70. The summed E-state index contributed by atoms with van der Waals surface area (Å²) in [7, 11) is 0. The van der Waals surface area contributed by atoms with E-state index in [0.717, 1.165) is 0 Å². The molecular weight excluding hydrogens is 360 g/mol. The molecule has 4 N–H and O–H groups in total. The van der Waals surface area contributed by atoms with Crippen molar-refractivity contribution in [1.82, 2.24) is 10.3 Å². The Morgan fingerprint density at radius 1 is 1.19 bits per heavy atom. The summed E-state index contributed by atoms with van der Waals surface area (Å²) in [6, 6.07) is 8.48. The Balaban J connectivity index is 1.77. The van der Waals surface area contributed by atoms with Crippen molar-refractivity contribution in [1.29, 1.82) is 0 Å². The van der Waals surface area contributed by atoms with E-state index in [9.17, 15) is 15.3 Å². The van der Waals surface area contributed by atoms with Gasteiger partial charge in [-0.3, -0.25) is 10.3 Å². The Bertz CT molecular complexity index is 696. The van der Waals surface area contributed by atoms with Gasteiger partial charge in [0.1, 0.15) is 30.4 Å². The molecule has 0 fully saturated rings. The maximum atomic E-state index is 10.1. The maximum absolute atomic E-state index is 10.1. The van der Waals surface area contributed by atoms with Crippen LogP contribution in [-0.4, -0.2) is 45.8 Å². The highest BCUT2D eigenvalue weighted by atomic mass is 35.5. The summed E-state index contributed by atoms with van der Waals surface area (Å²) in [5.74, 6) is 1.06. The lowest BCUT2D eigenvalue weighted by Gasteiger charge is -2.19. The quantitative estimate of drug-likeness (QED) is 0.490. The predicted octanol–water partition coefficient (Wildman–Crippen LogP) is 1.78. The van der Waals surface area contributed by atoms with Crippen LogP contribution in [0.15, 0.2) is 36.5 Å². The van der Waals surface area contributed by atoms with Gasteiger partial charge < -0.3 is 24.8 Å². The number of nitrogens with zero attached hydrogens (tertiary/aromatic N) is 1. The molecule has 7 nitrogen and oxygen atoms in total. The van der Waals surface area contributed by atoms with Crippen molar-refractivity contribution in [2.24, 2.45) is 0 Å². The van der Waals surface area contributed by atoms with Crippen LogP contribution in [0.5, 0.6) is 11.5 Å². The van der Waals surface area contributed by atoms with Crippen molar-refractivity contribution >= 4 is 11.6 Å². The first-order valence-corrected chi connectivity index (χ1v) is 8.52. The summed E-state index contributed by atoms with van der Waals surface area (Å²) >= 11 is 5.82. The van der Waals surface area contributed by atoms with Gasteiger partial charge in [0.2, 0.25) is 0 Å². The SMILES string of the molecule is Cc1ncc(C(O)O)cc1OCC(O)CNC(C)Oc1ccc(Cl)cc1. The topological polar surface area (TPSA) is 104 Å². The minimum Gasteiger partial charge on any atom is -0.489 e. The van der Waals surface area contributed by atoms with E-state index in [2.05, 4.69) is 10.3 Å². The molecule has 0 bridgehead atoms. The van der Waals surface area contributed by atoms with Gasteiger partial charge in [0.15, 0.2) is 6.29 Å². The lowest BCUT2D eigenvalue weighted by atomic mass is 10.2. The van der Waals surface area contributed by atoms with Gasteiger partial charge >= 0.3 is 0 Å². The highest BCUT2D eigenvalue weighted by Crippen LogP contribution is 2.20. The first kappa shape index (κ1) is 20.4. The monoisotopic (exact) mass is 382 g/mol. The van der Waals surface area contributed by atoms with E-state index >= 15 is 0 Å². The molecule has 0 aliphatic rings. The molecule has 2 unspecified atom stereocenters. The Labute approximate surface area is 157 Å². The summed E-state index contributed by atoms with van der Waals surface area (Å²) in [5, 5.41) is 32.1. The van der Waals surface area contributed by atoms with Gasteiger partial charge in [-0.15, -0.1) is 0 Å². The van der Waals surface area contributed by atoms with E-state index in [4.69, 9.17) is 21.1 Å². The van der Waals surface area contributed by atoms with E-state index in [0.29, 0.717) is 22.2 Å². The molecular formula is C18H23ClN2O5. The van der Waals surface area contributed by atoms with E-state index in [-0.39, 0.29) is 24.9 Å². The molecule has 1 heterocycles. The van der Waals surface area contributed by atoms with Crippen LogP contribution >= 0.6 is 11.6 Å². The van der Waals surface area contributed by atoms with Crippen LogP contribution in [-0.2, 0) is 0 Å². The van der Waals surface area contributed by atoms with Gasteiger partial charge in [-0.25, -0.2) is 0 Å². The summed E-state index contributed by atoms with van der Waals surface area (Å²) in [6.07, 6.45) is -1.36. The number of hydrogen-bond donors (Lipinski definition) is 4. The molecule has 0 amide bonds. The number of hydrogen-bond acceptors (Lipinski definition) is 7. The van der Waals surface area contributed by atoms with E-state index in [1.54, 1.807) is 31.2 Å². The van der Waals surface area contributed by atoms with Crippen molar-refractivity contribution < 1.29 is 24.8 Å². The van der Waals surface area contributed by atoms with Crippen LogP contribution in [0.2, 0.25) is 5.02 Å². The molecule has 1 aromatic heterocycles.